The smallest absolute Gasteiger partial charge is 0.0348 e. The Morgan fingerprint density at radius 3 is 2.53 bits per heavy atom. The van der Waals surface area contributed by atoms with E-state index in [2.05, 4.69) is 51.3 Å². The van der Waals surface area contributed by atoms with Gasteiger partial charge < -0.3 is 5.32 Å². The number of benzene rings is 1. The van der Waals surface area contributed by atoms with E-state index >= 15 is 0 Å². The van der Waals surface area contributed by atoms with Crippen molar-refractivity contribution in [2.45, 2.75) is 58.9 Å². The third kappa shape index (κ3) is 3.20. The van der Waals surface area contributed by atoms with Gasteiger partial charge in [-0.05, 0) is 55.8 Å². The van der Waals surface area contributed by atoms with Crippen LogP contribution in [0, 0.1) is 25.7 Å². The first-order chi connectivity index (χ1) is 9.17. The van der Waals surface area contributed by atoms with E-state index < -0.39 is 0 Å². The molecular formula is C18H29N. The van der Waals surface area contributed by atoms with Crippen molar-refractivity contribution in [2.75, 3.05) is 7.05 Å². The Hall–Kier alpha value is -0.820. The van der Waals surface area contributed by atoms with Gasteiger partial charge in [-0.2, -0.15) is 0 Å². The highest BCUT2D eigenvalue weighted by atomic mass is 14.9. The van der Waals surface area contributed by atoms with Gasteiger partial charge in [0.15, 0.2) is 0 Å². The Balaban J connectivity index is 2.24. The third-order valence-electron chi connectivity index (χ3n) is 5.12. The van der Waals surface area contributed by atoms with E-state index in [4.69, 9.17) is 0 Å². The molecule has 1 aliphatic rings. The first kappa shape index (κ1) is 14.6. The van der Waals surface area contributed by atoms with Gasteiger partial charge in [-0.25, -0.2) is 0 Å². The fourth-order valence-electron chi connectivity index (χ4n) is 3.77. The average molecular weight is 259 g/mol. The van der Waals surface area contributed by atoms with Crippen LogP contribution in [-0.4, -0.2) is 7.05 Å². The maximum atomic E-state index is 3.60. The number of nitrogens with one attached hydrogen (secondary N) is 1. The lowest BCUT2D eigenvalue weighted by Crippen LogP contribution is -2.32. The standard InChI is InChI=1S/C18H29N/c1-5-15-8-6-7-9-17(15)18(19-4)16-11-10-13(2)14(3)12-16/h10-12,15,17-19H,5-9H2,1-4H3. The molecule has 0 spiro atoms. The largest absolute Gasteiger partial charge is 0.313 e. The predicted molar refractivity (Wildman–Crippen MR) is 83.5 cm³/mol. The van der Waals surface area contributed by atoms with E-state index in [0.29, 0.717) is 6.04 Å². The van der Waals surface area contributed by atoms with E-state index in [0.717, 1.165) is 11.8 Å². The molecule has 1 aliphatic carbocycles. The van der Waals surface area contributed by atoms with Crippen molar-refractivity contribution in [3.8, 4) is 0 Å². The first-order valence-electron chi connectivity index (χ1n) is 7.91. The average Bonchev–Trinajstić information content (AvgIpc) is 2.44. The Morgan fingerprint density at radius 1 is 1.16 bits per heavy atom. The topological polar surface area (TPSA) is 12.0 Å². The molecular weight excluding hydrogens is 230 g/mol. The zero-order chi connectivity index (χ0) is 13.8. The molecule has 106 valence electrons. The van der Waals surface area contributed by atoms with E-state index in [1.165, 1.54) is 48.8 Å². The zero-order valence-electron chi connectivity index (χ0n) is 13.0. The molecule has 0 saturated heterocycles. The fraction of sp³-hybridized carbons (Fsp3) is 0.667. The van der Waals surface area contributed by atoms with Gasteiger partial charge in [-0.1, -0.05) is 50.8 Å². The lowest BCUT2D eigenvalue weighted by molar-refractivity contribution is 0.180. The summed E-state index contributed by atoms with van der Waals surface area (Å²) in [5.74, 6) is 1.71. The van der Waals surface area contributed by atoms with Crippen LogP contribution in [0.1, 0.15) is 61.8 Å². The molecule has 1 fully saturated rings. The van der Waals surface area contributed by atoms with Crippen LogP contribution in [0.15, 0.2) is 18.2 Å². The van der Waals surface area contributed by atoms with Crippen molar-refractivity contribution >= 4 is 0 Å². The second-order valence-corrected chi connectivity index (χ2v) is 6.23. The molecule has 0 radical (unpaired) electrons. The molecule has 0 amide bonds. The zero-order valence-corrected chi connectivity index (χ0v) is 13.0. The number of rotatable bonds is 4. The molecule has 0 aliphatic heterocycles. The Morgan fingerprint density at radius 2 is 1.89 bits per heavy atom. The molecule has 3 unspecified atom stereocenters. The molecule has 0 heterocycles. The molecule has 19 heavy (non-hydrogen) atoms. The summed E-state index contributed by atoms with van der Waals surface area (Å²) >= 11 is 0. The maximum absolute atomic E-state index is 3.60. The molecule has 2 rings (SSSR count). The van der Waals surface area contributed by atoms with Gasteiger partial charge in [0.1, 0.15) is 0 Å². The van der Waals surface area contributed by atoms with Crippen LogP contribution in [0.2, 0.25) is 0 Å². The van der Waals surface area contributed by atoms with Crippen LogP contribution in [-0.2, 0) is 0 Å². The highest BCUT2D eigenvalue weighted by Crippen LogP contribution is 2.40. The van der Waals surface area contributed by atoms with Gasteiger partial charge in [-0.3, -0.25) is 0 Å². The van der Waals surface area contributed by atoms with Crippen LogP contribution in [0.25, 0.3) is 0 Å². The minimum atomic E-state index is 0.532. The molecule has 1 heteroatoms. The number of hydrogen-bond acceptors (Lipinski definition) is 1. The van der Waals surface area contributed by atoms with Gasteiger partial charge in [-0.15, -0.1) is 0 Å². The summed E-state index contributed by atoms with van der Waals surface area (Å²) in [5.41, 5.74) is 4.30. The van der Waals surface area contributed by atoms with E-state index in [1.807, 2.05) is 0 Å². The molecule has 1 saturated carbocycles. The summed E-state index contributed by atoms with van der Waals surface area (Å²) in [5, 5.41) is 3.60. The normalized spacial score (nSPS) is 25.3. The van der Waals surface area contributed by atoms with Crippen LogP contribution in [0.5, 0.6) is 0 Å². The molecule has 1 aromatic carbocycles. The minimum Gasteiger partial charge on any atom is -0.313 e. The Labute approximate surface area is 118 Å². The summed E-state index contributed by atoms with van der Waals surface area (Å²) in [7, 11) is 2.13. The molecule has 1 nitrogen and oxygen atoms in total. The molecule has 0 bridgehead atoms. The van der Waals surface area contributed by atoms with Gasteiger partial charge >= 0.3 is 0 Å². The molecule has 1 N–H and O–H groups in total. The molecule has 1 aromatic rings. The van der Waals surface area contributed by atoms with Crippen LogP contribution in [0.4, 0.5) is 0 Å². The molecule has 3 atom stereocenters. The highest BCUT2D eigenvalue weighted by Gasteiger charge is 2.30. The summed E-state index contributed by atoms with van der Waals surface area (Å²) in [6.07, 6.45) is 6.97. The van der Waals surface area contributed by atoms with Crippen LogP contribution in [0.3, 0.4) is 0 Å². The summed E-state index contributed by atoms with van der Waals surface area (Å²) in [6.45, 7) is 6.78. The number of hydrogen-bond donors (Lipinski definition) is 1. The number of aryl methyl sites for hydroxylation is 2. The third-order valence-corrected chi connectivity index (χ3v) is 5.12. The van der Waals surface area contributed by atoms with Crippen molar-refractivity contribution in [2.24, 2.45) is 11.8 Å². The highest BCUT2D eigenvalue weighted by molar-refractivity contribution is 5.32. The maximum Gasteiger partial charge on any atom is 0.0348 e. The molecule has 0 aromatic heterocycles. The lowest BCUT2D eigenvalue weighted by atomic mass is 9.72. The SMILES string of the molecule is CCC1CCCCC1C(NC)c1ccc(C)c(C)c1. The monoisotopic (exact) mass is 259 g/mol. The first-order valence-corrected chi connectivity index (χ1v) is 7.91. The van der Waals surface area contributed by atoms with E-state index in [9.17, 15) is 0 Å². The van der Waals surface area contributed by atoms with Crippen molar-refractivity contribution in [1.29, 1.82) is 0 Å². The van der Waals surface area contributed by atoms with Crippen molar-refractivity contribution in [1.82, 2.24) is 5.32 Å². The Kier molecular flexibility index (Phi) is 5.04. The second-order valence-electron chi connectivity index (χ2n) is 6.23. The summed E-state index contributed by atoms with van der Waals surface area (Å²) in [4.78, 5) is 0. The lowest BCUT2D eigenvalue weighted by Gasteiger charge is -2.37. The predicted octanol–water partition coefficient (Wildman–Crippen LogP) is 4.78. The van der Waals surface area contributed by atoms with Crippen molar-refractivity contribution in [3.63, 3.8) is 0 Å². The van der Waals surface area contributed by atoms with Crippen molar-refractivity contribution in [3.05, 3.63) is 34.9 Å². The summed E-state index contributed by atoms with van der Waals surface area (Å²) in [6, 6.07) is 7.52. The fourth-order valence-corrected chi connectivity index (χ4v) is 3.77. The van der Waals surface area contributed by atoms with Gasteiger partial charge in [0.25, 0.3) is 0 Å². The van der Waals surface area contributed by atoms with Crippen LogP contribution >= 0.6 is 0 Å². The quantitative estimate of drug-likeness (QED) is 0.820. The van der Waals surface area contributed by atoms with Crippen LogP contribution < -0.4 is 5.32 Å². The van der Waals surface area contributed by atoms with Crippen molar-refractivity contribution < 1.29 is 0 Å². The van der Waals surface area contributed by atoms with Gasteiger partial charge in [0.05, 0.1) is 0 Å². The van der Waals surface area contributed by atoms with E-state index in [1.54, 1.807) is 0 Å². The Bertz CT molecular complexity index is 410. The minimum absolute atomic E-state index is 0.532. The van der Waals surface area contributed by atoms with Gasteiger partial charge in [0.2, 0.25) is 0 Å². The summed E-state index contributed by atoms with van der Waals surface area (Å²) < 4.78 is 0. The van der Waals surface area contributed by atoms with Gasteiger partial charge in [0, 0.05) is 6.04 Å². The second kappa shape index (κ2) is 6.56. The van der Waals surface area contributed by atoms with E-state index in [-0.39, 0.29) is 0 Å².